The third-order valence-electron chi connectivity index (χ3n) is 5.41. The molecule has 104 valence electrons. The van der Waals surface area contributed by atoms with Crippen LogP contribution in [0, 0.1) is 11.8 Å². The van der Waals surface area contributed by atoms with Crippen LogP contribution >= 0.6 is 0 Å². The van der Waals surface area contributed by atoms with Gasteiger partial charge in [-0.15, -0.1) is 0 Å². The molecule has 0 aromatic heterocycles. The van der Waals surface area contributed by atoms with Crippen LogP contribution in [0.3, 0.4) is 0 Å². The Labute approximate surface area is 113 Å². The molecule has 2 nitrogen and oxygen atoms in total. The molecule has 3 rings (SSSR count). The maximum absolute atomic E-state index is 3.88. The lowest BCUT2D eigenvalue weighted by molar-refractivity contribution is 0.0680. The molecule has 0 aromatic rings. The van der Waals surface area contributed by atoms with E-state index in [0.29, 0.717) is 5.54 Å². The Morgan fingerprint density at radius 1 is 1.17 bits per heavy atom. The maximum Gasteiger partial charge on any atom is 0.0309 e. The van der Waals surface area contributed by atoms with E-state index in [0.717, 1.165) is 17.9 Å². The Morgan fingerprint density at radius 2 is 1.94 bits per heavy atom. The summed E-state index contributed by atoms with van der Waals surface area (Å²) in [6.45, 7) is 8.69. The summed E-state index contributed by atoms with van der Waals surface area (Å²) in [5, 5.41) is 3.88. The van der Waals surface area contributed by atoms with Crippen molar-refractivity contribution in [2.75, 3.05) is 19.6 Å². The second kappa shape index (κ2) is 5.13. The second-order valence-corrected chi connectivity index (χ2v) is 7.22. The SMILES string of the molecule is CCCC1CNC(C)(C2CC2)CN1CCC1CC1. The molecular weight excluding hydrogens is 220 g/mol. The van der Waals surface area contributed by atoms with Crippen LogP contribution in [0.5, 0.6) is 0 Å². The summed E-state index contributed by atoms with van der Waals surface area (Å²) in [6, 6.07) is 0.806. The zero-order valence-electron chi connectivity index (χ0n) is 12.3. The van der Waals surface area contributed by atoms with Gasteiger partial charge in [-0.2, -0.15) is 0 Å². The minimum absolute atomic E-state index is 0.424. The van der Waals surface area contributed by atoms with Crippen LogP contribution in [0.4, 0.5) is 0 Å². The van der Waals surface area contributed by atoms with Gasteiger partial charge in [-0.25, -0.2) is 0 Å². The fourth-order valence-electron chi connectivity index (χ4n) is 3.72. The molecule has 0 radical (unpaired) electrons. The molecule has 3 fully saturated rings. The van der Waals surface area contributed by atoms with E-state index in [9.17, 15) is 0 Å². The van der Waals surface area contributed by atoms with Crippen LogP contribution in [-0.2, 0) is 0 Å². The van der Waals surface area contributed by atoms with Crippen LogP contribution in [0.25, 0.3) is 0 Å². The van der Waals surface area contributed by atoms with Gasteiger partial charge in [0.1, 0.15) is 0 Å². The molecule has 1 heterocycles. The van der Waals surface area contributed by atoms with Crippen LogP contribution in [0.1, 0.15) is 58.8 Å². The number of rotatable bonds is 6. The van der Waals surface area contributed by atoms with Crippen molar-refractivity contribution >= 4 is 0 Å². The number of piperazine rings is 1. The first-order chi connectivity index (χ1) is 8.71. The van der Waals surface area contributed by atoms with Crippen molar-refractivity contribution in [3.05, 3.63) is 0 Å². The van der Waals surface area contributed by atoms with E-state index in [-0.39, 0.29) is 0 Å². The number of hydrogen-bond acceptors (Lipinski definition) is 2. The smallest absolute Gasteiger partial charge is 0.0309 e. The molecule has 2 aliphatic carbocycles. The standard InChI is InChI=1S/C16H30N2/c1-3-4-15-11-17-16(2,14-7-8-14)12-18(15)10-9-13-5-6-13/h13-15,17H,3-12H2,1-2H3. The van der Waals surface area contributed by atoms with Crippen LogP contribution in [0.15, 0.2) is 0 Å². The van der Waals surface area contributed by atoms with Gasteiger partial charge in [0.05, 0.1) is 0 Å². The van der Waals surface area contributed by atoms with Crippen molar-refractivity contribution in [1.29, 1.82) is 0 Å². The van der Waals surface area contributed by atoms with Crippen molar-refractivity contribution in [2.24, 2.45) is 11.8 Å². The summed E-state index contributed by atoms with van der Waals surface area (Å²) in [6.07, 6.45) is 10.1. The molecule has 1 N–H and O–H groups in total. The summed E-state index contributed by atoms with van der Waals surface area (Å²) in [5.74, 6) is 2.04. The Balaban J connectivity index is 1.58. The van der Waals surface area contributed by atoms with Gasteiger partial charge in [-0.05, 0) is 51.0 Å². The van der Waals surface area contributed by atoms with Gasteiger partial charge in [-0.3, -0.25) is 4.90 Å². The summed E-state index contributed by atoms with van der Waals surface area (Å²) < 4.78 is 0. The lowest BCUT2D eigenvalue weighted by atomic mass is 9.89. The van der Waals surface area contributed by atoms with Crippen molar-refractivity contribution in [1.82, 2.24) is 10.2 Å². The molecule has 0 bridgehead atoms. The minimum Gasteiger partial charge on any atom is -0.308 e. The van der Waals surface area contributed by atoms with E-state index in [4.69, 9.17) is 0 Å². The van der Waals surface area contributed by atoms with Gasteiger partial charge in [0.15, 0.2) is 0 Å². The number of nitrogens with zero attached hydrogens (tertiary/aromatic N) is 1. The zero-order valence-corrected chi connectivity index (χ0v) is 12.3. The number of nitrogens with one attached hydrogen (secondary N) is 1. The van der Waals surface area contributed by atoms with Crippen molar-refractivity contribution in [3.8, 4) is 0 Å². The summed E-state index contributed by atoms with van der Waals surface area (Å²) in [7, 11) is 0. The Kier molecular flexibility index (Phi) is 3.68. The molecule has 3 aliphatic rings. The predicted molar refractivity (Wildman–Crippen MR) is 76.7 cm³/mol. The van der Waals surface area contributed by atoms with Gasteiger partial charge in [0.25, 0.3) is 0 Å². The van der Waals surface area contributed by atoms with Gasteiger partial charge in [0.2, 0.25) is 0 Å². The van der Waals surface area contributed by atoms with Gasteiger partial charge < -0.3 is 5.32 Å². The molecule has 2 unspecified atom stereocenters. The van der Waals surface area contributed by atoms with Gasteiger partial charge >= 0.3 is 0 Å². The fraction of sp³-hybridized carbons (Fsp3) is 1.00. The highest BCUT2D eigenvalue weighted by Crippen LogP contribution is 2.42. The summed E-state index contributed by atoms with van der Waals surface area (Å²) >= 11 is 0. The molecule has 2 atom stereocenters. The molecule has 18 heavy (non-hydrogen) atoms. The molecule has 0 amide bonds. The zero-order chi connectivity index (χ0) is 12.6. The van der Waals surface area contributed by atoms with Crippen LogP contribution < -0.4 is 5.32 Å². The Hall–Kier alpha value is -0.0800. The summed E-state index contributed by atoms with van der Waals surface area (Å²) in [4.78, 5) is 2.83. The third-order valence-corrected chi connectivity index (χ3v) is 5.41. The normalized spacial score (nSPS) is 38.0. The average molecular weight is 250 g/mol. The van der Waals surface area contributed by atoms with Crippen molar-refractivity contribution in [3.63, 3.8) is 0 Å². The maximum atomic E-state index is 3.88. The molecule has 2 heteroatoms. The van der Waals surface area contributed by atoms with E-state index < -0.39 is 0 Å². The average Bonchev–Trinajstić information content (AvgIpc) is 3.21. The van der Waals surface area contributed by atoms with E-state index in [1.54, 1.807) is 0 Å². The molecular formula is C16H30N2. The second-order valence-electron chi connectivity index (χ2n) is 7.22. The highest BCUT2D eigenvalue weighted by molar-refractivity contribution is 5.04. The first kappa shape index (κ1) is 12.9. The van der Waals surface area contributed by atoms with Crippen LogP contribution in [0.2, 0.25) is 0 Å². The first-order valence-electron chi connectivity index (χ1n) is 8.20. The van der Waals surface area contributed by atoms with E-state index in [1.807, 2.05) is 0 Å². The molecule has 1 saturated heterocycles. The first-order valence-corrected chi connectivity index (χ1v) is 8.20. The molecule has 2 saturated carbocycles. The summed E-state index contributed by atoms with van der Waals surface area (Å²) in [5.41, 5.74) is 0.424. The Bertz CT molecular complexity index is 283. The molecule has 0 aromatic carbocycles. The molecule has 1 aliphatic heterocycles. The van der Waals surface area contributed by atoms with Crippen molar-refractivity contribution < 1.29 is 0 Å². The van der Waals surface area contributed by atoms with E-state index >= 15 is 0 Å². The Morgan fingerprint density at radius 3 is 2.56 bits per heavy atom. The van der Waals surface area contributed by atoms with Gasteiger partial charge in [-0.1, -0.05) is 26.2 Å². The van der Waals surface area contributed by atoms with Crippen molar-refractivity contribution in [2.45, 2.75) is 70.4 Å². The fourth-order valence-corrected chi connectivity index (χ4v) is 3.72. The minimum atomic E-state index is 0.424. The lowest BCUT2D eigenvalue weighted by Crippen LogP contribution is -2.64. The largest absolute Gasteiger partial charge is 0.308 e. The lowest BCUT2D eigenvalue weighted by Gasteiger charge is -2.47. The topological polar surface area (TPSA) is 15.3 Å². The van der Waals surface area contributed by atoms with Crippen LogP contribution in [-0.4, -0.2) is 36.1 Å². The van der Waals surface area contributed by atoms with Gasteiger partial charge in [0, 0.05) is 24.7 Å². The highest BCUT2D eigenvalue weighted by Gasteiger charge is 2.45. The van der Waals surface area contributed by atoms with E-state index in [2.05, 4.69) is 24.1 Å². The molecule has 0 spiro atoms. The number of hydrogen-bond donors (Lipinski definition) is 1. The third kappa shape index (κ3) is 2.91. The predicted octanol–water partition coefficient (Wildman–Crippen LogP) is 3.03. The monoisotopic (exact) mass is 250 g/mol. The highest BCUT2D eigenvalue weighted by atomic mass is 15.3. The quantitative estimate of drug-likeness (QED) is 0.779. The van der Waals surface area contributed by atoms with E-state index in [1.165, 1.54) is 64.6 Å².